The van der Waals surface area contributed by atoms with Crippen LogP contribution in [0.2, 0.25) is 5.02 Å². The summed E-state index contributed by atoms with van der Waals surface area (Å²) >= 11 is 6.32. The zero-order valence-corrected chi connectivity index (χ0v) is 21.4. The van der Waals surface area contributed by atoms with Crippen LogP contribution in [-0.4, -0.2) is 71.2 Å². The molecule has 1 N–H and O–H groups in total. The number of carbonyl (C=O) groups is 2. The predicted octanol–water partition coefficient (Wildman–Crippen LogP) is 3.86. The number of halogens is 3. The molecule has 2 fully saturated rings. The third kappa shape index (κ3) is 5.62. The van der Waals surface area contributed by atoms with Gasteiger partial charge in [-0.1, -0.05) is 11.6 Å². The van der Waals surface area contributed by atoms with Gasteiger partial charge in [-0.15, -0.1) is 0 Å². The van der Waals surface area contributed by atoms with Crippen molar-refractivity contribution in [2.75, 3.05) is 24.6 Å². The molecule has 196 valence electrons. The molecule has 0 spiro atoms. The van der Waals surface area contributed by atoms with E-state index in [-0.39, 0.29) is 55.3 Å². The number of pyridine rings is 1. The van der Waals surface area contributed by atoms with E-state index in [2.05, 4.69) is 10.3 Å². The molecule has 2 aromatic heterocycles. The lowest BCUT2D eigenvalue weighted by Crippen LogP contribution is -2.42. The minimum absolute atomic E-state index is 0.00505. The third-order valence-electron chi connectivity index (χ3n) is 6.87. The van der Waals surface area contributed by atoms with Crippen molar-refractivity contribution in [1.29, 1.82) is 0 Å². The second kappa shape index (κ2) is 9.68. The molecule has 2 saturated heterocycles. The van der Waals surface area contributed by atoms with E-state index in [1.165, 1.54) is 17.2 Å². The van der Waals surface area contributed by atoms with Gasteiger partial charge in [0.25, 0.3) is 17.7 Å². The van der Waals surface area contributed by atoms with E-state index in [9.17, 15) is 26.8 Å². The van der Waals surface area contributed by atoms with E-state index in [4.69, 9.17) is 11.6 Å². The molecule has 0 unspecified atom stereocenters. The summed E-state index contributed by atoms with van der Waals surface area (Å²) in [4.78, 5) is 31.6. The number of hydrogen-bond donors (Lipinski definition) is 1. The maximum atomic E-state index is 13.5. The normalized spacial score (nSPS) is 19.6. The number of hydrogen-bond acceptors (Lipinski definition) is 5. The number of amides is 2. The van der Waals surface area contributed by atoms with Gasteiger partial charge in [-0.3, -0.25) is 9.59 Å². The predicted molar refractivity (Wildman–Crippen MR) is 135 cm³/mol. The Kier molecular flexibility index (Phi) is 6.70. The standard InChI is InChI=1S/C25H25ClF2N4O4S/c26-19-12-17(23(33)30-20-2-9-37(35,36)10-3-20)13-21(14-19)32-6-1-16-11-18(15-29-22(16)32)24(34)31-7-4-25(27,28)5-8-31/h1,6,11-15,20H,2-5,7-10H2,(H,30,33). The molecule has 2 amide bonds. The molecule has 0 atom stereocenters. The van der Waals surface area contributed by atoms with Gasteiger partial charge in [0.2, 0.25) is 0 Å². The molecule has 0 bridgehead atoms. The zero-order valence-electron chi connectivity index (χ0n) is 19.8. The maximum absolute atomic E-state index is 13.5. The second-order valence-corrected chi connectivity index (χ2v) is 12.3. The minimum atomic E-state index is -3.04. The average Bonchev–Trinajstić information content (AvgIpc) is 3.28. The van der Waals surface area contributed by atoms with E-state index in [1.807, 2.05) is 0 Å². The monoisotopic (exact) mass is 550 g/mol. The van der Waals surface area contributed by atoms with E-state index in [0.29, 0.717) is 45.7 Å². The molecular formula is C25H25ClF2N4O4S. The number of nitrogens with zero attached hydrogens (tertiary/aromatic N) is 3. The van der Waals surface area contributed by atoms with Crippen LogP contribution in [0.3, 0.4) is 0 Å². The van der Waals surface area contributed by atoms with Gasteiger partial charge in [0.05, 0.1) is 17.1 Å². The SMILES string of the molecule is O=C(NC1CCS(=O)(=O)CC1)c1cc(Cl)cc(-n2ccc3cc(C(=O)N4CCC(F)(F)CC4)cnc32)c1. The van der Waals surface area contributed by atoms with Crippen LogP contribution < -0.4 is 5.32 Å². The average molecular weight is 551 g/mol. The van der Waals surface area contributed by atoms with Crippen LogP contribution in [0, 0.1) is 0 Å². The Balaban J connectivity index is 1.35. The van der Waals surface area contributed by atoms with E-state index >= 15 is 0 Å². The summed E-state index contributed by atoms with van der Waals surface area (Å²) in [5.74, 6) is -3.32. The molecule has 5 rings (SSSR count). The molecule has 4 heterocycles. The van der Waals surface area contributed by atoms with Crippen LogP contribution in [0.5, 0.6) is 0 Å². The van der Waals surface area contributed by atoms with Gasteiger partial charge >= 0.3 is 0 Å². The molecule has 12 heteroatoms. The largest absolute Gasteiger partial charge is 0.349 e. The lowest BCUT2D eigenvalue weighted by molar-refractivity contribution is -0.0494. The Morgan fingerprint density at radius 2 is 1.76 bits per heavy atom. The highest BCUT2D eigenvalue weighted by molar-refractivity contribution is 7.91. The summed E-state index contributed by atoms with van der Waals surface area (Å²) in [5, 5.41) is 3.90. The topological polar surface area (TPSA) is 101 Å². The van der Waals surface area contributed by atoms with Gasteiger partial charge in [-0.2, -0.15) is 0 Å². The lowest BCUT2D eigenvalue weighted by atomic mass is 10.1. The van der Waals surface area contributed by atoms with Gasteiger partial charge in [0, 0.05) is 66.0 Å². The van der Waals surface area contributed by atoms with Crippen molar-refractivity contribution in [1.82, 2.24) is 19.8 Å². The zero-order chi connectivity index (χ0) is 26.4. The number of piperidine rings is 1. The smallest absolute Gasteiger partial charge is 0.255 e. The molecule has 2 aliphatic rings. The van der Waals surface area contributed by atoms with Crippen molar-refractivity contribution in [3.8, 4) is 5.69 Å². The first-order valence-electron chi connectivity index (χ1n) is 12.0. The Bertz CT molecular complexity index is 1470. The maximum Gasteiger partial charge on any atom is 0.255 e. The Labute approximate surface area is 217 Å². The molecule has 8 nitrogen and oxygen atoms in total. The molecular weight excluding hydrogens is 526 g/mol. The van der Waals surface area contributed by atoms with Crippen LogP contribution in [0.1, 0.15) is 46.4 Å². The van der Waals surface area contributed by atoms with Gasteiger partial charge < -0.3 is 14.8 Å². The van der Waals surface area contributed by atoms with Gasteiger partial charge in [-0.05, 0) is 43.2 Å². The second-order valence-electron chi connectivity index (χ2n) is 9.57. The van der Waals surface area contributed by atoms with E-state index < -0.39 is 15.8 Å². The van der Waals surface area contributed by atoms with E-state index in [0.717, 1.165) is 0 Å². The third-order valence-corrected chi connectivity index (χ3v) is 8.80. The first-order chi connectivity index (χ1) is 17.5. The number of rotatable bonds is 4. The summed E-state index contributed by atoms with van der Waals surface area (Å²) in [5.41, 5.74) is 1.76. The Hall–Kier alpha value is -3.05. The molecule has 0 aliphatic carbocycles. The van der Waals surface area contributed by atoms with Crippen molar-refractivity contribution in [3.63, 3.8) is 0 Å². The first-order valence-corrected chi connectivity index (χ1v) is 14.2. The highest BCUT2D eigenvalue weighted by Crippen LogP contribution is 2.29. The number of likely N-dealkylation sites (tertiary alicyclic amines) is 1. The lowest BCUT2D eigenvalue weighted by Gasteiger charge is -2.31. The molecule has 1 aromatic carbocycles. The quantitative estimate of drug-likeness (QED) is 0.531. The van der Waals surface area contributed by atoms with Crippen molar-refractivity contribution in [2.45, 2.75) is 37.6 Å². The number of alkyl halides is 2. The van der Waals surface area contributed by atoms with Gasteiger partial charge in [0.15, 0.2) is 0 Å². The van der Waals surface area contributed by atoms with Crippen molar-refractivity contribution < 1.29 is 26.8 Å². The summed E-state index contributed by atoms with van der Waals surface area (Å²) in [6.07, 6.45) is 3.20. The fourth-order valence-corrected chi connectivity index (χ4v) is 6.44. The van der Waals surface area contributed by atoms with Gasteiger partial charge in [0.1, 0.15) is 15.5 Å². The van der Waals surface area contributed by atoms with Crippen LogP contribution in [0.25, 0.3) is 16.7 Å². The van der Waals surface area contributed by atoms with Crippen LogP contribution in [0.4, 0.5) is 8.78 Å². The molecule has 2 aliphatic heterocycles. The highest BCUT2D eigenvalue weighted by atomic mass is 35.5. The molecule has 0 saturated carbocycles. The fraction of sp³-hybridized carbons (Fsp3) is 0.400. The van der Waals surface area contributed by atoms with Crippen LogP contribution in [0.15, 0.2) is 42.7 Å². The van der Waals surface area contributed by atoms with Gasteiger partial charge in [-0.25, -0.2) is 22.2 Å². The van der Waals surface area contributed by atoms with Crippen LogP contribution >= 0.6 is 11.6 Å². The first kappa shape index (κ1) is 25.6. The number of sulfone groups is 1. The number of benzene rings is 1. The summed E-state index contributed by atoms with van der Waals surface area (Å²) in [6.45, 7) is -0.0101. The summed E-state index contributed by atoms with van der Waals surface area (Å²) in [6, 6.07) is 8.09. The van der Waals surface area contributed by atoms with Crippen molar-refractivity contribution in [2.24, 2.45) is 0 Å². The van der Waals surface area contributed by atoms with Crippen molar-refractivity contribution >= 4 is 44.3 Å². The minimum Gasteiger partial charge on any atom is -0.349 e. The molecule has 0 radical (unpaired) electrons. The number of carbonyl (C=O) groups excluding carboxylic acids is 2. The van der Waals surface area contributed by atoms with Crippen LogP contribution in [-0.2, 0) is 9.84 Å². The molecule has 3 aromatic rings. The number of aromatic nitrogens is 2. The highest BCUT2D eigenvalue weighted by Gasteiger charge is 2.36. The van der Waals surface area contributed by atoms with E-state index in [1.54, 1.807) is 35.0 Å². The summed E-state index contributed by atoms with van der Waals surface area (Å²) in [7, 11) is -3.04. The fourth-order valence-electron chi connectivity index (χ4n) is 4.72. The number of fused-ring (bicyclic) bond motifs is 1. The number of nitrogens with one attached hydrogen (secondary N) is 1. The summed E-state index contributed by atoms with van der Waals surface area (Å²) < 4.78 is 52.0. The molecule has 37 heavy (non-hydrogen) atoms. The Morgan fingerprint density at radius 1 is 1.05 bits per heavy atom. The van der Waals surface area contributed by atoms with Crippen molar-refractivity contribution in [3.05, 3.63) is 58.9 Å². The Morgan fingerprint density at radius 3 is 2.46 bits per heavy atom.